The first-order valence-electron chi connectivity index (χ1n) is 4.29. The summed E-state index contributed by atoms with van der Waals surface area (Å²) >= 11 is 1.62. The van der Waals surface area contributed by atoms with Gasteiger partial charge in [-0.1, -0.05) is 0 Å². The summed E-state index contributed by atoms with van der Waals surface area (Å²) in [5.41, 5.74) is 5.32. The molecule has 0 spiro atoms. The summed E-state index contributed by atoms with van der Waals surface area (Å²) in [5.74, 6) is 1.71. The van der Waals surface area contributed by atoms with Crippen LogP contribution in [-0.4, -0.2) is 41.9 Å². The maximum Gasteiger partial charge on any atom is 0.232 e. The fraction of sp³-hybridized carbons (Fsp3) is 0.875. The second kappa shape index (κ2) is 4.72. The highest BCUT2D eigenvalue weighted by Crippen LogP contribution is 2.25. The number of carbonyl (C=O) groups excluding carboxylic acids is 1. The Morgan fingerprint density at radius 3 is 2.83 bits per heavy atom. The van der Waals surface area contributed by atoms with Gasteiger partial charge in [0.25, 0.3) is 0 Å². The molecule has 0 radical (unpaired) electrons. The lowest BCUT2D eigenvalue weighted by molar-refractivity contribution is -0.127. The Morgan fingerprint density at radius 2 is 2.33 bits per heavy atom. The molecule has 4 heteroatoms. The maximum atomic E-state index is 11.4. The summed E-state index contributed by atoms with van der Waals surface area (Å²) < 4.78 is 0. The zero-order chi connectivity index (χ0) is 8.97. The first-order valence-corrected chi connectivity index (χ1v) is 5.44. The van der Waals surface area contributed by atoms with E-state index in [2.05, 4.69) is 0 Å². The van der Waals surface area contributed by atoms with Crippen LogP contribution in [0.4, 0.5) is 0 Å². The molecule has 0 aromatic heterocycles. The van der Waals surface area contributed by atoms with Crippen molar-refractivity contribution in [1.82, 2.24) is 4.90 Å². The van der Waals surface area contributed by atoms with Crippen LogP contribution in [0.25, 0.3) is 0 Å². The van der Waals surface area contributed by atoms with Gasteiger partial charge < -0.3 is 10.6 Å². The van der Waals surface area contributed by atoms with Gasteiger partial charge in [-0.05, 0) is 12.8 Å². The fourth-order valence-electron chi connectivity index (χ4n) is 1.01. The minimum absolute atomic E-state index is 0.246. The highest BCUT2D eigenvalue weighted by Gasteiger charge is 2.28. The summed E-state index contributed by atoms with van der Waals surface area (Å²) in [4.78, 5) is 13.2. The van der Waals surface area contributed by atoms with E-state index in [0.29, 0.717) is 18.3 Å². The van der Waals surface area contributed by atoms with Gasteiger partial charge in [0, 0.05) is 25.4 Å². The third kappa shape index (κ3) is 3.03. The van der Waals surface area contributed by atoms with E-state index in [1.165, 1.54) is 12.8 Å². The van der Waals surface area contributed by atoms with Crippen LogP contribution in [0.1, 0.15) is 12.8 Å². The molecule has 1 aliphatic rings. The quantitative estimate of drug-likeness (QED) is 0.631. The first kappa shape index (κ1) is 9.86. The van der Waals surface area contributed by atoms with E-state index in [0.717, 1.165) is 5.75 Å². The van der Waals surface area contributed by atoms with Gasteiger partial charge in [-0.25, -0.2) is 0 Å². The Hall–Kier alpha value is -0.220. The molecular weight excluding hydrogens is 172 g/mol. The van der Waals surface area contributed by atoms with E-state index in [1.54, 1.807) is 11.8 Å². The van der Waals surface area contributed by atoms with E-state index in [9.17, 15) is 4.79 Å². The van der Waals surface area contributed by atoms with Gasteiger partial charge in [0.15, 0.2) is 0 Å². The second-order valence-electron chi connectivity index (χ2n) is 3.08. The predicted molar refractivity (Wildman–Crippen MR) is 52.2 cm³/mol. The molecule has 0 aromatic carbocycles. The van der Waals surface area contributed by atoms with E-state index in [1.807, 2.05) is 11.9 Å². The molecular formula is C8H16N2OS. The number of rotatable bonds is 5. The lowest BCUT2D eigenvalue weighted by atomic mass is 10.5. The lowest BCUT2D eigenvalue weighted by Crippen LogP contribution is -2.30. The van der Waals surface area contributed by atoms with Crippen molar-refractivity contribution in [1.29, 1.82) is 0 Å². The Kier molecular flexibility index (Phi) is 3.88. The summed E-state index contributed by atoms with van der Waals surface area (Å²) in [7, 11) is 1.89. The van der Waals surface area contributed by atoms with Crippen molar-refractivity contribution in [2.45, 2.75) is 18.9 Å². The number of thioether (sulfide) groups is 1. The number of nitrogens with two attached hydrogens (primary N) is 1. The third-order valence-electron chi connectivity index (χ3n) is 1.98. The van der Waals surface area contributed by atoms with E-state index >= 15 is 0 Å². The molecule has 1 fully saturated rings. The van der Waals surface area contributed by atoms with Gasteiger partial charge in [0.2, 0.25) is 5.91 Å². The summed E-state index contributed by atoms with van der Waals surface area (Å²) in [5, 5.41) is 0. The van der Waals surface area contributed by atoms with Gasteiger partial charge in [0.1, 0.15) is 0 Å². The van der Waals surface area contributed by atoms with Crippen molar-refractivity contribution >= 4 is 17.7 Å². The van der Waals surface area contributed by atoms with Crippen molar-refractivity contribution < 1.29 is 4.79 Å². The molecule has 0 aliphatic heterocycles. The molecule has 0 bridgehead atoms. The van der Waals surface area contributed by atoms with Gasteiger partial charge >= 0.3 is 0 Å². The molecule has 0 heterocycles. The molecule has 0 unspecified atom stereocenters. The van der Waals surface area contributed by atoms with Gasteiger partial charge in [0.05, 0.1) is 5.75 Å². The molecule has 70 valence electrons. The number of nitrogens with zero attached hydrogens (tertiary/aromatic N) is 1. The first-order chi connectivity index (χ1) is 5.75. The fourth-order valence-corrected chi connectivity index (χ4v) is 1.70. The van der Waals surface area contributed by atoms with E-state index in [-0.39, 0.29) is 5.91 Å². The molecule has 1 saturated carbocycles. The zero-order valence-electron chi connectivity index (χ0n) is 7.45. The van der Waals surface area contributed by atoms with Gasteiger partial charge in [-0.2, -0.15) is 11.8 Å². The highest BCUT2D eigenvalue weighted by atomic mass is 32.2. The lowest BCUT2D eigenvalue weighted by Gasteiger charge is -2.15. The van der Waals surface area contributed by atoms with Crippen molar-refractivity contribution in [3.05, 3.63) is 0 Å². The minimum atomic E-state index is 0.246. The number of hydrogen-bond acceptors (Lipinski definition) is 3. The third-order valence-corrected chi connectivity index (χ3v) is 2.95. The molecule has 0 atom stereocenters. The van der Waals surface area contributed by atoms with Crippen LogP contribution in [0.5, 0.6) is 0 Å². The molecule has 0 aromatic rings. The van der Waals surface area contributed by atoms with Crippen LogP contribution in [0, 0.1) is 0 Å². The average molecular weight is 188 g/mol. The van der Waals surface area contributed by atoms with Crippen molar-refractivity contribution in [2.75, 3.05) is 25.1 Å². The second-order valence-corrected chi connectivity index (χ2v) is 4.18. The van der Waals surface area contributed by atoms with Crippen LogP contribution >= 0.6 is 11.8 Å². The topological polar surface area (TPSA) is 46.3 Å². The van der Waals surface area contributed by atoms with Gasteiger partial charge in [-0.3, -0.25) is 4.79 Å². The smallest absolute Gasteiger partial charge is 0.232 e. The van der Waals surface area contributed by atoms with Crippen LogP contribution in [0.2, 0.25) is 0 Å². The standard InChI is InChI=1S/C8H16N2OS/c1-10(7-2-3-7)8(11)6-12-5-4-9/h7H,2-6,9H2,1H3. The maximum absolute atomic E-state index is 11.4. The molecule has 0 saturated heterocycles. The van der Waals surface area contributed by atoms with Crippen molar-refractivity contribution in [3.8, 4) is 0 Å². The van der Waals surface area contributed by atoms with E-state index < -0.39 is 0 Å². The van der Waals surface area contributed by atoms with Crippen LogP contribution in [0.3, 0.4) is 0 Å². The van der Waals surface area contributed by atoms with Crippen LogP contribution in [-0.2, 0) is 4.79 Å². The van der Waals surface area contributed by atoms with Crippen molar-refractivity contribution in [2.24, 2.45) is 5.73 Å². The summed E-state index contributed by atoms with van der Waals surface area (Å²) in [6, 6.07) is 0.538. The monoisotopic (exact) mass is 188 g/mol. The molecule has 1 rings (SSSR count). The predicted octanol–water partition coefficient (Wildman–Crippen LogP) is 0.299. The summed E-state index contributed by atoms with van der Waals surface area (Å²) in [6.07, 6.45) is 2.37. The van der Waals surface area contributed by atoms with Crippen molar-refractivity contribution in [3.63, 3.8) is 0 Å². The van der Waals surface area contributed by atoms with E-state index in [4.69, 9.17) is 5.73 Å². The summed E-state index contributed by atoms with van der Waals surface area (Å²) in [6.45, 7) is 0.658. The minimum Gasteiger partial charge on any atom is -0.342 e. The average Bonchev–Trinajstić information content (AvgIpc) is 2.86. The zero-order valence-corrected chi connectivity index (χ0v) is 8.27. The molecule has 3 nitrogen and oxygen atoms in total. The normalized spacial score (nSPS) is 16.2. The number of carbonyl (C=O) groups is 1. The van der Waals surface area contributed by atoms with Gasteiger partial charge in [-0.15, -0.1) is 0 Å². The van der Waals surface area contributed by atoms with Crippen LogP contribution < -0.4 is 5.73 Å². The molecule has 2 N–H and O–H groups in total. The highest BCUT2D eigenvalue weighted by molar-refractivity contribution is 7.99. The van der Waals surface area contributed by atoms with Crippen LogP contribution in [0.15, 0.2) is 0 Å². The largest absolute Gasteiger partial charge is 0.342 e. The Balaban J connectivity index is 2.09. The number of amides is 1. The molecule has 1 aliphatic carbocycles. The Bertz CT molecular complexity index is 159. The SMILES string of the molecule is CN(C(=O)CSCCN)C1CC1. The Morgan fingerprint density at radius 1 is 1.67 bits per heavy atom. The number of hydrogen-bond donors (Lipinski definition) is 1. The molecule has 12 heavy (non-hydrogen) atoms. The molecule has 1 amide bonds. The Labute approximate surface area is 77.7 Å².